The summed E-state index contributed by atoms with van der Waals surface area (Å²) in [7, 11) is 2.09. The van der Waals surface area contributed by atoms with Crippen LogP contribution in [0.3, 0.4) is 0 Å². The zero-order valence-corrected chi connectivity index (χ0v) is 16.3. The first-order valence-electron chi connectivity index (χ1n) is 10.1. The Bertz CT molecular complexity index is 912. The summed E-state index contributed by atoms with van der Waals surface area (Å²) in [6, 6.07) is 8.63. The predicted molar refractivity (Wildman–Crippen MR) is 105 cm³/mol. The molecule has 2 aromatic heterocycles. The second kappa shape index (κ2) is 7.52. The highest BCUT2D eigenvalue weighted by atomic mass is 16.5. The average Bonchev–Trinajstić information content (AvgIpc) is 3.33. The van der Waals surface area contributed by atoms with Gasteiger partial charge in [-0.05, 0) is 25.0 Å². The maximum Gasteiger partial charge on any atom is 0.298 e. The van der Waals surface area contributed by atoms with Crippen LogP contribution in [0.1, 0.15) is 30.4 Å². The van der Waals surface area contributed by atoms with E-state index in [4.69, 9.17) is 9.15 Å². The lowest BCUT2D eigenvalue weighted by atomic mass is 9.97. The molecule has 8 heteroatoms. The maximum atomic E-state index is 5.98. The van der Waals surface area contributed by atoms with Crippen LogP contribution in [-0.2, 0) is 18.3 Å². The van der Waals surface area contributed by atoms with Gasteiger partial charge in [-0.2, -0.15) is 4.98 Å². The van der Waals surface area contributed by atoms with Crippen molar-refractivity contribution >= 4 is 17.1 Å². The molecule has 2 aliphatic heterocycles. The molecule has 2 fully saturated rings. The number of fused-ring (bicyclic) bond motifs is 1. The zero-order chi connectivity index (χ0) is 18.9. The standard InChI is InChI=1S/C20H26N6O2/c1-24-18(14-25-9-11-27-12-10-25)22-23-19(24)15-5-4-8-26(13-15)20-21-16-6-2-3-7-17(16)28-20/h2-3,6-7,15H,4-5,8-14H2,1H3. The number of para-hydroxylation sites is 2. The Morgan fingerprint density at radius 1 is 1.11 bits per heavy atom. The molecule has 28 heavy (non-hydrogen) atoms. The third-order valence-corrected chi connectivity index (χ3v) is 5.81. The molecule has 0 N–H and O–H groups in total. The van der Waals surface area contributed by atoms with Gasteiger partial charge in [0.1, 0.15) is 17.2 Å². The van der Waals surface area contributed by atoms with Crippen molar-refractivity contribution in [1.29, 1.82) is 0 Å². The minimum atomic E-state index is 0.333. The molecule has 1 atom stereocenters. The Kier molecular flexibility index (Phi) is 4.74. The van der Waals surface area contributed by atoms with Crippen molar-refractivity contribution in [2.24, 2.45) is 7.05 Å². The normalized spacial score (nSPS) is 21.5. The molecule has 1 unspecified atom stereocenters. The van der Waals surface area contributed by atoms with Gasteiger partial charge in [0.15, 0.2) is 5.58 Å². The first-order valence-corrected chi connectivity index (χ1v) is 10.1. The van der Waals surface area contributed by atoms with E-state index in [0.717, 1.165) is 81.5 Å². The third kappa shape index (κ3) is 3.38. The van der Waals surface area contributed by atoms with Crippen molar-refractivity contribution in [3.05, 3.63) is 35.9 Å². The molecule has 3 aromatic rings. The van der Waals surface area contributed by atoms with Gasteiger partial charge in [-0.25, -0.2) is 0 Å². The zero-order valence-electron chi connectivity index (χ0n) is 16.3. The smallest absolute Gasteiger partial charge is 0.298 e. The van der Waals surface area contributed by atoms with Crippen LogP contribution in [0, 0.1) is 0 Å². The molecular weight excluding hydrogens is 356 g/mol. The van der Waals surface area contributed by atoms with Gasteiger partial charge in [-0.15, -0.1) is 10.2 Å². The summed E-state index contributed by atoms with van der Waals surface area (Å²) in [6.07, 6.45) is 2.20. The van der Waals surface area contributed by atoms with E-state index in [0.29, 0.717) is 11.9 Å². The second-order valence-electron chi connectivity index (χ2n) is 7.67. The molecule has 0 radical (unpaired) electrons. The molecule has 0 spiro atoms. The molecule has 4 heterocycles. The Morgan fingerprint density at radius 3 is 2.82 bits per heavy atom. The molecule has 5 rings (SSSR count). The van der Waals surface area contributed by atoms with Crippen LogP contribution < -0.4 is 4.90 Å². The van der Waals surface area contributed by atoms with E-state index in [1.165, 1.54) is 0 Å². The van der Waals surface area contributed by atoms with Crippen LogP contribution in [0.4, 0.5) is 6.01 Å². The number of aromatic nitrogens is 4. The predicted octanol–water partition coefficient (Wildman–Crippen LogP) is 2.17. The summed E-state index contributed by atoms with van der Waals surface area (Å²) >= 11 is 0. The van der Waals surface area contributed by atoms with E-state index in [1.807, 2.05) is 24.3 Å². The third-order valence-electron chi connectivity index (χ3n) is 5.81. The molecule has 148 valence electrons. The van der Waals surface area contributed by atoms with Gasteiger partial charge in [0.2, 0.25) is 0 Å². The van der Waals surface area contributed by atoms with Gasteiger partial charge in [0, 0.05) is 39.1 Å². The monoisotopic (exact) mass is 382 g/mol. The summed E-state index contributed by atoms with van der Waals surface area (Å²) in [5, 5.41) is 9.04. The maximum absolute atomic E-state index is 5.98. The first-order chi connectivity index (χ1) is 13.8. The van der Waals surface area contributed by atoms with E-state index >= 15 is 0 Å². The molecule has 0 saturated carbocycles. The summed E-state index contributed by atoms with van der Waals surface area (Å²) in [6.45, 7) is 6.15. The van der Waals surface area contributed by atoms with Crippen LogP contribution >= 0.6 is 0 Å². The van der Waals surface area contributed by atoms with Crippen LogP contribution in [0.2, 0.25) is 0 Å². The first kappa shape index (κ1) is 17.6. The highest BCUT2D eigenvalue weighted by Gasteiger charge is 2.28. The Hall–Kier alpha value is -2.45. The largest absolute Gasteiger partial charge is 0.423 e. The fourth-order valence-electron chi connectivity index (χ4n) is 4.18. The lowest BCUT2D eigenvalue weighted by molar-refractivity contribution is 0.0326. The van der Waals surface area contributed by atoms with Crippen molar-refractivity contribution in [2.45, 2.75) is 25.3 Å². The van der Waals surface area contributed by atoms with Gasteiger partial charge in [0.25, 0.3) is 6.01 Å². The van der Waals surface area contributed by atoms with Gasteiger partial charge in [0.05, 0.1) is 19.8 Å². The Balaban J connectivity index is 1.32. The van der Waals surface area contributed by atoms with Gasteiger partial charge in [-0.3, -0.25) is 4.90 Å². The van der Waals surface area contributed by atoms with Gasteiger partial charge in [-0.1, -0.05) is 12.1 Å². The number of rotatable bonds is 4. The minimum absolute atomic E-state index is 0.333. The molecule has 8 nitrogen and oxygen atoms in total. The lowest BCUT2D eigenvalue weighted by Gasteiger charge is -2.31. The van der Waals surface area contributed by atoms with E-state index in [-0.39, 0.29) is 0 Å². The summed E-state index contributed by atoms with van der Waals surface area (Å²) < 4.78 is 13.6. The molecule has 0 bridgehead atoms. The topological polar surface area (TPSA) is 72.5 Å². The van der Waals surface area contributed by atoms with Gasteiger partial charge < -0.3 is 18.6 Å². The summed E-state index contributed by atoms with van der Waals surface area (Å²) in [5.41, 5.74) is 1.75. The number of benzene rings is 1. The Labute approximate surface area is 164 Å². The lowest BCUT2D eigenvalue weighted by Crippen LogP contribution is -2.37. The van der Waals surface area contributed by atoms with Crippen molar-refractivity contribution in [3.8, 4) is 0 Å². The van der Waals surface area contributed by atoms with E-state index in [2.05, 4.69) is 36.6 Å². The minimum Gasteiger partial charge on any atom is -0.423 e. The number of hydrogen-bond donors (Lipinski definition) is 0. The Morgan fingerprint density at radius 2 is 1.96 bits per heavy atom. The fraction of sp³-hybridized carbons (Fsp3) is 0.550. The van der Waals surface area contributed by atoms with E-state index < -0.39 is 0 Å². The van der Waals surface area contributed by atoms with Crippen molar-refractivity contribution in [3.63, 3.8) is 0 Å². The SMILES string of the molecule is Cn1c(CN2CCOCC2)nnc1C1CCCN(c2nc3ccccc3o2)C1. The number of nitrogens with zero attached hydrogens (tertiary/aromatic N) is 6. The quantitative estimate of drug-likeness (QED) is 0.685. The number of morpholine rings is 1. The number of piperidine rings is 1. The highest BCUT2D eigenvalue weighted by molar-refractivity contribution is 5.74. The van der Waals surface area contributed by atoms with Gasteiger partial charge >= 0.3 is 0 Å². The summed E-state index contributed by atoms with van der Waals surface area (Å²) in [5.74, 6) is 2.42. The van der Waals surface area contributed by atoms with E-state index in [1.54, 1.807) is 0 Å². The molecular formula is C20H26N6O2. The van der Waals surface area contributed by atoms with Crippen LogP contribution in [0.15, 0.2) is 28.7 Å². The highest BCUT2D eigenvalue weighted by Crippen LogP contribution is 2.30. The number of oxazole rings is 1. The van der Waals surface area contributed by atoms with Crippen molar-refractivity contribution in [2.75, 3.05) is 44.3 Å². The number of hydrogen-bond acceptors (Lipinski definition) is 7. The molecule has 2 aliphatic rings. The average molecular weight is 382 g/mol. The van der Waals surface area contributed by atoms with Crippen molar-refractivity contribution < 1.29 is 9.15 Å². The van der Waals surface area contributed by atoms with Crippen LogP contribution in [0.25, 0.3) is 11.1 Å². The molecule has 0 aliphatic carbocycles. The number of ether oxygens (including phenoxy) is 1. The number of anilines is 1. The van der Waals surface area contributed by atoms with Crippen LogP contribution in [-0.4, -0.2) is 64.0 Å². The molecule has 0 amide bonds. The second-order valence-corrected chi connectivity index (χ2v) is 7.67. The molecule has 1 aromatic carbocycles. The summed E-state index contributed by atoms with van der Waals surface area (Å²) in [4.78, 5) is 9.29. The van der Waals surface area contributed by atoms with Crippen LogP contribution in [0.5, 0.6) is 0 Å². The van der Waals surface area contributed by atoms with Crippen molar-refractivity contribution in [1.82, 2.24) is 24.6 Å². The fourth-order valence-corrected chi connectivity index (χ4v) is 4.18. The molecule has 2 saturated heterocycles. The van der Waals surface area contributed by atoms with E-state index in [9.17, 15) is 0 Å².